The highest BCUT2D eigenvalue weighted by atomic mass is 16.3. The SMILES string of the molecule is Cc1c(CCC(=O)NNC(=O)CCc2cc(C(C)(C)C)c(O)c(C(C)(C)C)c2C)cc(C(C)(C)C)c(O)c1C(C)(C)C. The van der Waals surface area contributed by atoms with Gasteiger partial charge in [0, 0.05) is 24.0 Å². The molecule has 2 rings (SSSR count). The van der Waals surface area contributed by atoms with Gasteiger partial charge in [0.2, 0.25) is 11.8 Å². The molecule has 2 amide bonds. The monoisotopic (exact) mass is 580 g/mol. The van der Waals surface area contributed by atoms with Crippen molar-refractivity contribution in [2.45, 2.75) is 144 Å². The van der Waals surface area contributed by atoms with Gasteiger partial charge in [-0.1, -0.05) is 95.2 Å². The summed E-state index contributed by atoms with van der Waals surface area (Å²) in [5.41, 5.74) is 11.8. The number of amides is 2. The summed E-state index contributed by atoms with van der Waals surface area (Å²) in [4.78, 5) is 25.5. The van der Waals surface area contributed by atoms with Crippen LogP contribution in [0.4, 0.5) is 0 Å². The minimum absolute atomic E-state index is 0.208. The van der Waals surface area contributed by atoms with Crippen molar-refractivity contribution in [3.63, 3.8) is 0 Å². The third kappa shape index (κ3) is 8.29. The zero-order valence-electron chi connectivity index (χ0n) is 28.7. The number of aromatic hydroxyl groups is 2. The quantitative estimate of drug-likeness (QED) is 0.264. The number of hydrogen-bond donors (Lipinski definition) is 4. The van der Waals surface area contributed by atoms with Crippen LogP contribution in [0.25, 0.3) is 0 Å². The molecule has 0 radical (unpaired) electrons. The number of hydrogen-bond acceptors (Lipinski definition) is 4. The minimum atomic E-state index is -0.267. The van der Waals surface area contributed by atoms with Crippen LogP contribution in [0.2, 0.25) is 0 Å². The summed E-state index contributed by atoms with van der Waals surface area (Å²) in [6.45, 7) is 28.9. The number of nitrogens with one attached hydrogen (secondary N) is 2. The molecule has 0 aliphatic carbocycles. The number of rotatable bonds is 6. The van der Waals surface area contributed by atoms with Crippen molar-refractivity contribution in [2.24, 2.45) is 0 Å². The third-order valence-electron chi connectivity index (χ3n) is 8.03. The minimum Gasteiger partial charge on any atom is -0.507 e. The van der Waals surface area contributed by atoms with Crippen molar-refractivity contribution in [3.05, 3.63) is 56.6 Å². The first-order valence-electron chi connectivity index (χ1n) is 15.2. The Kier molecular flexibility index (Phi) is 10.3. The fourth-order valence-corrected chi connectivity index (χ4v) is 5.91. The van der Waals surface area contributed by atoms with E-state index in [2.05, 4.69) is 93.9 Å². The Morgan fingerprint density at radius 3 is 1.10 bits per heavy atom. The van der Waals surface area contributed by atoms with E-state index in [0.29, 0.717) is 24.3 Å². The molecule has 0 fully saturated rings. The van der Waals surface area contributed by atoms with Crippen LogP contribution in [0.5, 0.6) is 11.5 Å². The summed E-state index contributed by atoms with van der Waals surface area (Å²) >= 11 is 0. The standard InChI is InChI=1S/C36H56N2O4/c1-21-23(19-25(33(3,4)5)31(41)29(21)35(9,10)11)15-17-27(39)37-38-28(40)18-16-24-20-26(34(6,7)8)32(42)30(22(24)2)36(12,13)14/h19-20,41-42H,15-18H2,1-14H3,(H,37,39)(H,38,40). The number of phenolic OH excluding ortho intramolecular Hbond substituents is 2. The lowest BCUT2D eigenvalue weighted by atomic mass is 9.75. The zero-order valence-corrected chi connectivity index (χ0v) is 28.7. The highest BCUT2D eigenvalue weighted by Gasteiger charge is 2.30. The molecular formula is C36H56N2O4. The van der Waals surface area contributed by atoms with Crippen molar-refractivity contribution in [3.8, 4) is 11.5 Å². The van der Waals surface area contributed by atoms with Gasteiger partial charge in [-0.2, -0.15) is 0 Å². The lowest BCUT2D eigenvalue weighted by Gasteiger charge is -2.30. The molecule has 0 spiro atoms. The van der Waals surface area contributed by atoms with Gasteiger partial charge in [-0.25, -0.2) is 0 Å². The van der Waals surface area contributed by atoms with Crippen molar-refractivity contribution in [2.75, 3.05) is 0 Å². The second kappa shape index (κ2) is 12.3. The Balaban J connectivity index is 2.13. The Labute approximate surface area is 254 Å². The predicted molar refractivity (Wildman–Crippen MR) is 173 cm³/mol. The van der Waals surface area contributed by atoms with Crippen molar-refractivity contribution in [1.29, 1.82) is 0 Å². The summed E-state index contributed by atoms with van der Waals surface area (Å²) in [6, 6.07) is 4.03. The second-order valence-corrected chi connectivity index (χ2v) is 16.0. The molecule has 0 saturated carbocycles. The average molecular weight is 581 g/mol. The van der Waals surface area contributed by atoms with Gasteiger partial charge in [0.25, 0.3) is 0 Å². The van der Waals surface area contributed by atoms with Crippen molar-refractivity contribution >= 4 is 11.8 Å². The van der Waals surface area contributed by atoms with E-state index in [9.17, 15) is 19.8 Å². The smallest absolute Gasteiger partial charge is 0.238 e. The molecule has 0 atom stereocenters. The molecular weight excluding hydrogens is 524 g/mol. The van der Waals surface area contributed by atoms with Crippen LogP contribution < -0.4 is 10.9 Å². The van der Waals surface area contributed by atoms with E-state index in [0.717, 1.165) is 44.5 Å². The molecule has 0 aliphatic rings. The largest absolute Gasteiger partial charge is 0.507 e. The van der Waals surface area contributed by atoms with Crippen LogP contribution in [-0.4, -0.2) is 22.0 Å². The maximum absolute atomic E-state index is 12.7. The van der Waals surface area contributed by atoms with E-state index in [1.807, 2.05) is 26.0 Å². The Hall–Kier alpha value is -3.02. The maximum Gasteiger partial charge on any atom is 0.238 e. The summed E-state index contributed by atoms with van der Waals surface area (Å²) in [7, 11) is 0. The maximum atomic E-state index is 12.7. The van der Waals surface area contributed by atoms with E-state index in [4.69, 9.17) is 0 Å². The molecule has 4 N–H and O–H groups in total. The zero-order chi connectivity index (χ0) is 32.6. The Morgan fingerprint density at radius 2 is 0.857 bits per heavy atom. The van der Waals surface area contributed by atoms with Gasteiger partial charge in [0.05, 0.1) is 0 Å². The van der Waals surface area contributed by atoms with E-state index in [1.54, 1.807) is 0 Å². The van der Waals surface area contributed by atoms with Crippen LogP contribution in [0, 0.1) is 13.8 Å². The number of carbonyl (C=O) groups is 2. The second-order valence-electron chi connectivity index (χ2n) is 16.0. The van der Waals surface area contributed by atoms with Crippen LogP contribution in [0.3, 0.4) is 0 Å². The van der Waals surface area contributed by atoms with Crippen molar-refractivity contribution in [1.82, 2.24) is 10.9 Å². The Bertz CT molecular complexity index is 1220. The van der Waals surface area contributed by atoms with Crippen LogP contribution in [0.1, 0.15) is 140 Å². The summed E-state index contributed by atoms with van der Waals surface area (Å²) in [5.74, 6) is 0.134. The van der Waals surface area contributed by atoms with E-state index < -0.39 is 0 Å². The highest BCUT2D eigenvalue weighted by Crippen LogP contribution is 2.43. The highest BCUT2D eigenvalue weighted by molar-refractivity contribution is 5.82. The normalized spacial score (nSPS) is 12.8. The van der Waals surface area contributed by atoms with Crippen LogP contribution in [0.15, 0.2) is 12.1 Å². The van der Waals surface area contributed by atoms with Gasteiger partial charge in [-0.15, -0.1) is 0 Å². The van der Waals surface area contributed by atoms with Crippen molar-refractivity contribution < 1.29 is 19.8 Å². The van der Waals surface area contributed by atoms with E-state index >= 15 is 0 Å². The molecule has 0 heterocycles. The van der Waals surface area contributed by atoms with Gasteiger partial charge in [0.1, 0.15) is 11.5 Å². The molecule has 0 bridgehead atoms. The number of phenols is 2. The summed E-state index contributed by atoms with van der Waals surface area (Å²) < 4.78 is 0. The molecule has 2 aromatic carbocycles. The van der Waals surface area contributed by atoms with Gasteiger partial charge < -0.3 is 10.2 Å². The molecule has 0 unspecified atom stereocenters. The van der Waals surface area contributed by atoms with Gasteiger partial charge in [0.15, 0.2) is 0 Å². The predicted octanol–water partition coefficient (Wildman–Crippen LogP) is 7.62. The first kappa shape index (κ1) is 35.2. The molecule has 6 nitrogen and oxygen atoms in total. The molecule has 0 saturated heterocycles. The molecule has 0 aromatic heterocycles. The van der Waals surface area contributed by atoms with E-state index in [-0.39, 0.29) is 46.3 Å². The molecule has 2 aromatic rings. The third-order valence-corrected chi connectivity index (χ3v) is 8.03. The first-order valence-corrected chi connectivity index (χ1v) is 15.2. The topological polar surface area (TPSA) is 98.7 Å². The number of carbonyl (C=O) groups excluding carboxylic acids is 2. The fourth-order valence-electron chi connectivity index (χ4n) is 5.91. The molecule has 234 valence electrons. The molecule has 42 heavy (non-hydrogen) atoms. The van der Waals surface area contributed by atoms with Gasteiger partial charge in [-0.3, -0.25) is 20.4 Å². The number of hydrazine groups is 1. The van der Waals surface area contributed by atoms with E-state index in [1.165, 1.54) is 0 Å². The average Bonchev–Trinajstić information content (AvgIpc) is 2.78. The molecule has 0 aliphatic heterocycles. The molecule has 6 heteroatoms. The number of aryl methyl sites for hydroxylation is 2. The van der Waals surface area contributed by atoms with Crippen LogP contribution >= 0.6 is 0 Å². The van der Waals surface area contributed by atoms with Gasteiger partial charge in [-0.05, 0) is 81.7 Å². The summed E-state index contributed by atoms with van der Waals surface area (Å²) in [6.07, 6.45) is 1.41. The van der Waals surface area contributed by atoms with Gasteiger partial charge >= 0.3 is 0 Å². The Morgan fingerprint density at radius 1 is 0.571 bits per heavy atom. The fraction of sp³-hybridized carbons (Fsp3) is 0.611. The lowest BCUT2D eigenvalue weighted by molar-refractivity contribution is -0.128. The summed E-state index contributed by atoms with van der Waals surface area (Å²) in [5, 5.41) is 22.2. The number of benzene rings is 2. The van der Waals surface area contributed by atoms with Crippen LogP contribution in [-0.2, 0) is 44.1 Å². The first-order chi connectivity index (χ1) is 18.9. The lowest BCUT2D eigenvalue weighted by Crippen LogP contribution is -2.41.